The van der Waals surface area contributed by atoms with E-state index in [4.69, 9.17) is 10.5 Å². The number of anilines is 1. The predicted molar refractivity (Wildman–Crippen MR) is 82.9 cm³/mol. The number of esters is 1. The van der Waals surface area contributed by atoms with Gasteiger partial charge in [-0.1, -0.05) is 30.3 Å². The van der Waals surface area contributed by atoms with Crippen molar-refractivity contribution in [3.63, 3.8) is 0 Å². The van der Waals surface area contributed by atoms with Gasteiger partial charge in [0.2, 0.25) is 0 Å². The summed E-state index contributed by atoms with van der Waals surface area (Å²) >= 11 is 0. The highest BCUT2D eigenvalue weighted by molar-refractivity contribution is 6.04. The van der Waals surface area contributed by atoms with Gasteiger partial charge in [-0.25, -0.2) is 9.78 Å². The minimum atomic E-state index is -0.376. The first kappa shape index (κ1) is 13.1. The molecule has 0 radical (unpaired) electrons. The van der Waals surface area contributed by atoms with Crippen molar-refractivity contribution >= 4 is 22.6 Å². The monoisotopic (exact) mass is 278 g/mol. The highest BCUT2D eigenvalue weighted by Gasteiger charge is 2.14. The molecule has 21 heavy (non-hydrogen) atoms. The van der Waals surface area contributed by atoms with Crippen molar-refractivity contribution in [3.8, 4) is 11.3 Å². The lowest BCUT2D eigenvalue weighted by atomic mass is 10.0. The number of methoxy groups -OCH3 is 1. The summed E-state index contributed by atoms with van der Waals surface area (Å²) in [6.07, 6.45) is 0. The van der Waals surface area contributed by atoms with Gasteiger partial charge in [0.25, 0.3) is 0 Å². The van der Waals surface area contributed by atoms with Gasteiger partial charge in [-0.3, -0.25) is 0 Å². The molecule has 0 aliphatic heterocycles. The zero-order valence-electron chi connectivity index (χ0n) is 11.5. The minimum Gasteiger partial charge on any atom is -0.465 e. The number of carbonyl (C=O) groups excluding carboxylic acids is 1. The molecular formula is C17H14N2O2. The lowest BCUT2D eigenvalue weighted by Crippen LogP contribution is -2.03. The summed E-state index contributed by atoms with van der Waals surface area (Å²) in [7, 11) is 1.37. The summed E-state index contributed by atoms with van der Waals surface area (Å²) in [4.78, 5) is 16.6. The van der Waals surface area contributed by atoms with Crippen LogP contribution in [0.5, 0.6) is 0 Å². The number of para-hydroxylation sites is 1. The van der Waals surface area contributed by atoms with Gasteiger partial charge < -0.3 is 10.5 Å². The van der Waals surface area contributed by atoms with Crippen molar-refractivity contribution in [2.75, 3.05) is 12.8 Å². The third-order valence-electron chi connectivity index (χ3n) is 3.30. The summed E-state index contributed by atoms with van der Waals surface area (Å²) in [6.45, 7) is 0. The van der Waals surface area contributed by atoms with Crippen LogP contribution in [0.3, 0.4) is 0 Å². The Kier molecular flexibility index (Phi) is 3.28. The molecule has 0 saturated carbocycles. The van der Waals surface area contributed by atoms with Crippen molar-refractivity contribution in [1.29, 1.82) is 0 Å². The molecule has 0 aliphatic rings. The predicted octanol–water partition coefficient (Wildman–Crippen LogP) is 3.27. The average molecular weight is 278 g/mol. The van der Waals surface area contributed by atoms with E-state index in [1.165, 1.54) is 7.11 Å². The first-order valence-electron chi connectivity index (χ1n) is 6.53. The van der Waals surface area contributed by atoms with Gasteiger partial charge in [-0.15, -0.1) is 0 Å². The van der Waals surface area contributed by atoms with Crippen molar-refractivity contribution < 1.29 is 9.53 Å². The minimum absolute atomic E-state index is 0.376. The molecule has 2 N–H and O–H groups in total. The Balaban J connectivity index is 2.27. The number of carbonyl (C=O) groups is 1. The molecule has 0 bridgehead atoms. The molecule has 3 rings (SSSR count). The Morgan fingerprint density at radius 3 is 2.67 bits per heavy atom. The molecule has 0 amide bonds. The summed E-state index contributed by atoms with van der Waals surface area (Å²) in [6, 6.07) is 16.6. The van der Waals surface area contributed by atoms with E-state index in [9.17, 15) is 4.79 Å². The Morgan fingerprint density at radius 1 is 1.10 bits per heavy atom. The lowest BCUT2D eigenvalue weighted by Gasteiger charge is -2.09. The highest BCUT2D eigenvalue weighted by atomic mass is 16.5. The van der Waals surface area contributed by atoms with Crippen LogP contribution in [0.15, 0.2) is 54.6 Å². The van der Waals surface area contributed by atoms with E-state index in [0.717, 1.165) is 16.5 Å². The number of pyridine rings is 1. The topological polar surface area (TPSA) is 65.2 Å². The Bertz CT molecular complexity index is 828. The van der Waals surface area contributed by atoms with Crippen LogP contribution in [0, 0.1) is 0 Å². The maximum atomic E-state index is 12.0. The van der Waals surface area contributed by atoms with Gasteiger partial charge in [0.05, 0.1) is 23.9 Å². The molecule has 0 aliphatic carbocycles. The number of nitrogens with zero attached hydrogens (tertiary/aromatic N) is 1. The van der Waals surface area contributed by atoms with Crippen LogP contribution in [0.4, 0.5) is 5.69 Å². The van der Waals surface area contributed by atoms with E-state index < -0.39 is 0 Å². The molecule has 1 heterocycles. The average Bonchev–Trinajstić information content (AvgIpc) is 2.53. The first-order chi connectivity index (χ1) is 10.2. The third kappa shape index (κ3) is 2.43. The maximum Gasteiger partial charge on any atom is 0.338 e. The summed E-state index contributed by atoms with van der Waals surface area (Å²) in [5, 5.41) is 0.775. The molecule has 0 unspecified atom stereocenters. The maximum absolute atomic E-state index is 12.0. The lowest BCUT2D eigenvalue weighted by molar-refractivity contribution is 0.0603. The molecule has 3 aromatic rings. The van der Waals surface area contributed by atoms with E-state index in [-0.39, 0.29) is 5.97 Å². The second-order valence-corrected chi connectivity index (χ2v) is 4.69. The quantitative estimate of drug-likeness (QED) is 0.577. The Hall–Kier alpha value is -2.88. The molecule has 2 aromatic carbocycles. The normalized spacial score (nSPS) is 10.5. The van der Waals surface area contributed by atoms with E-state index >= 15 is 0 Å². The van der Waals surface area contributed by atoms with Gasteiger partial charge in [0.15, 0.2) is 0 Å². The number of nitrogens with two attached hydrogens (primary N) is 1. The van der Waals surface area contributed by atoms with Crippen LogP contribution in [-0.4, -0.2) is 18.1 Å². The first-order valence-corrected chi connectivity index (χ1v) is 6.53. The van der Waals surface area contributed by atoms with Crippen LogP contribution in [0.2, 0.25) is 0 Å². The van der Waals surface area contributed by atoms with E-state index in [2.05, 4.69) is 4.98 Å². The smallest absolute Gasteiger partial charge is 0.338 e. The third-order valence-corrected chi connectivity index (χ3v) is 3.30. The molecule has 104 valence electrons. The number of hydrogen-bond acceptors (Lipinski definition) is 4. The summed E-state index contributed by atoms with van der Waals surface area (Å²) in [5.41, 5.74) is 9.28. The van der Waals surface area contributed by atoms with E-state index in [1.807, 2.05) is 48.5 Å². The molecule has 0 atom stereocenters. The van der Waals surface area contributed by atoms with Gasteiger partial charge in [-0.05, 0) is 24.3 Å². The highest BCUT2D eigenvalue weighted by Crippen LogP contribution is 2.26. The van der Waals surface area contributed by atoms with Crippen LogP contribution in [0.25, 0.3) is 22.2 Å². The number of fused-ring (bicyclic) bond motifs is 1. The van der Waals surface area contributed by atoms with Crippen LogP contribution in [-0.2, 0) is 4.74 Å². The Morgan fingerprint density at radius 2 is 1.90 bits per heavy atom. The van der Waals surface area contributed by atoms with Crippen molar-refractivity contribution in [2.24, 2.45) is 0 Å². The van der Waals surface area contributed by atoms with Crippen molar-refractivity contribution in [2.45, 2.75) is 0 Å². The van der Waals surface area contributed by atoms with E-state index in [0.29, 0.717) is 16.9 Å². The molecular weight excluding hydrogens is 264 g/mol. The van der Waals surface area contributed by atoms with Gasteiger partial charge in [0, 0.05) is 16.6 Å². The fourth-order valence-corrected chi connectivity index (χ4v) is 2.30. The largest absolute Gasteiger partial charge is 0.465 e. The molecule has 4 heteroatoms. The summed E-state index contributed by atoms with van der Waals surface area (Å²) < 4.78 is 4.87. The van der Waals surface area contributed by atoms with Gasteiger partial charge in [0.1, 0.15) is 0 Å². The Labute approximate surface area is 122 Å². The second-order valence-electron chi connectivity index (χ2n) is 4.69. The van der Waals surface area contributed by atoms with Crippen LogP contribution in [0.1, 0.15) is 10.4 Å². The van der Waals surface area contributed by atoms with Crippen molar-refractivity contribution in [3.05, 3.63) is 60.2 Å². The fraction of sp³-hybridized carbons (Fsp3) is 0.0588. The number of hydrogen-bond donors (Lipinski definition) is 1. The molecule has 0 spiro atoms. The van der Waals surface area contributed by atoms with Gasteiger partial charge >= 0.3 is 5.97 Å². The number of ether oxygens (including phenoxy) is 1. The van der Waals surface area contributed by atoms with E-state index in [1.54, 1.807) is 6.07 Å². The second kappa shape index (κ2) is 5.25. The molecule has 1 aromatic heterocycles. The molecule has 0 saturated heterocycles. The fourth-order valence-electron chi connectivity index (χ4n) is 2.30. The number of rotatable bonds is 2. The zero-order valence-corrected chi connectivity index (χ0v) is 11.5. The zero-order chi connectivity index (χ0) is 14.8. The van der Waals surface area contributed by atoms with Gasteiger partial charge in [-0.2, -0.15) is 0 Å². The molecule has 0 fully saturated rings. The standard InChI is InChI=1S/C17H14N2O2/c1-21-17(20)14-10-16(11-5-4-6-12(18)9-11)19-15-8-3-2-7-13(14)15/h2-10H,18H2,1H3. The van der Waals surface area contributed by atoms with Crippen LogP contribution < -0.4 is 5.73 Å². The summed E-state index contributed by atoms with van der Waals surface area (Å²) in [5.74, 6) is -0.376. The van der Waals surface area contributed by atoms with Crippen molar-refractivity contribution in [1.82, 2.24) is 4.98 Å². The number of nitrogen functional groups attached to an aromatic ring is 1. The number of benzene rings is 2. The van der Waals surface area contributed by atoms with Crippen LogP contribution >= 0.6 is 0 Å². The number of aromatic nitrogens is 1. The molecule has 4 nitrogen and oxygen atoms in total. The SMILES string of the molecule is COC(=O)c1cc(-c2cccc(N)c2)nc2ccccc12.